The Balaban J connectivity index is 1.31. The first-order valence-electron chi connectivity index (χ1n) is 8.78. The zero-order valence-electron chi connectivity index (χ0n) is 14.5. The van der Waals surface area contributed by atoms with Crippen LogP contribution in [-0.2, 0) is 12.2 Å². The smallest absolute Gasteiger partial charge is 0.235 e. The minimum atomic E-state index is 0.809. The lowest BCUT2D eigenvalue weighted by Gasteiger charge is -2.00. The third kappa shape index (κ3) is 3.36. The van der Waals surface area contributed by atoms with Crippen LogP contribution < -0.4 is 0 Å². The van der Waals surface area contributed by atoms with Crippen LogP contribution >= 0.6 is 23.1 Å². The third-order valence-electron chi connectivity index (χ3n) is 4.42. The predicted octanol–water partition coefficient (Wildman–Crippen LogP) is 4.81. The fourth-order valence-corrected chi connectivity index (χ4v) is 4.76. The summed E-state index contributed by atoms with van der Waals surface area (Å²) in [5.74, 6) is 2.77. The van der Waals surface area contributed by atoms with Crippen LogP contribution in [0.1, 0.15) is 11.4 Å². The Morgan fingerprint density at radius 2 is 1.85 bits per heavy atom. The van der Waals surface area contributed by atoms with E-state index in [-0.39, 0.29) is 0 Å². The lowest BCUT2D eigenvalue weighted by Crippen LogP contribution is -1.96. The summed E-state index contributed by atoms with van der Waals surface area (Å²) in [5.41, 5.74) is 3.51. The van der Waals surface area contributed by atoms with Gasteiger partial charge in [-0.05, 0) is 29.9 Å². The van der Waals surface area contributed by atoms with Gasteiger partial charge in [0.2, 0.25) is 4.96 Å². The zero-order valence-corrected chi connectivity index (χ0v) is 16.1. The number of aromatic amines is 1. The molecule has 0 radical (unpaired) electrons. The van der Waals surface area contributed by atoms with Crippen LogP contribution in [0.4, 0.5) is 0 Å². The van der Waals surface area contributed by atoms with Gasteiger partial charge in [0.1, 0.15) is 0 Å². The van der Waals surface area contributed by atoms with Crippen molar-refractivity contribution in [1.29, 1.82) is 0 Å². The number of rotatable bonds is 6. The molecule has 134 valence electrons. The average molecular weight is 392 g/mol. The van der Waals surface area contributed by atoms with Gasteiger partial charge in [-0.3, -0.25) is 0 Å². The van der Waals surface area contributed by atoms with E-state index in [0.717, 1.165) is 44.9 Å². The molecule has 0 aliphatic rings. The minimum absolute atomic E-state index is 0.809. The SMILES string of the molecule is c1ccc(CCSCc2nnc3sc(-c4cc5ccccc5[nH]4)nn23)cc1. The fraction of sp³-hybridized carbons (Fsp3) is 0.150. The summed E-state index contributed by atoms with van der Waals surface area (Å²) in [7, 11) is 0. The molecule has 0 fully saturated rings. The van der Waals surface area contributed by atoms with Crippen LogP contribution in [0.3, 0.4) is 0 Å². The molecule has 5 nitrogen and oxygen atoms in total. The molecule has 0 unspecified atom stereocenters. The molecule has 5 aromatic rings. The monoisotopic (exact) mass is 391 g/mol. The maximum atomic E-state index is 4.74. The second kappa shape index (κ2) is 7.17. The Morgan fingerprint density at radius 3 is 2.74 bits per heavy atom. The first kappa shape index (κ1) is 16.5. The van der Waals surface area contributed by atoms with Gasteiger partial charge in [-0.1, -0.05) is 59.9 Å². The minimum Gasteiger partial charge on any atom is -0.353 e. The molecule has 5 rings (SSSR count). The van der Waals surface area contributed by atoms with Gasteiger partial charge in [-0.25, -0.2) is 0 Å². The Labute approximate surface area is 164 Å². The van der Waals surface area contributed by atoms with Gasteiger partial charge in [0.05, 0.1) is 11.4 Å². The van der Waals surface area contributed by atoms with Crippen molar-refractivity contribution in [3.63, 3.8) is 0 Å². The Hall–Kier alpha value is -2.64. The number of aryl methyl sites for hydroxylation is 1. The van der Waals surface area contributed by atoms with E-state index in [9.17, 15) is 0 Å². The molecule has 1 N–H and O–H groups in total. The number of nitrogens with zero attached hydrogens (tertiary/aromatic N) is 4. The van der Waals surface area contributed by atoms with Crippen LogP contribution in [-0.4, -0.2) is 30.5 Å². The van der Waals surface area contributed by atoms with Gasteiger partial charge in [-0.2, -0.15) is 21.4 Å². The molecule has 2 aromatic carbocycles. The van der Waals surface area contributed by atoms with E-state index < -0.39 is 0 Å². The summed E-state index contributed by atoms with van der Waals surface area (Å²) in [4.78, 5) is 4.27. The number of fused-ring (bicyclic) bond motifs is 2. The molecular weight excluding hydrogens is 374 g/mol. The maximum absolute atomic E-state index is 4.74. The predicted molar refractivity (Wildman–Crippen MR) is 112 cm³/mol. The summed E-state index contributed by atoms with van der Waals surface area (Å²) < 4.78 is 1.88. The molecule has 0 aliphatic heterocycles. The van der Waals surface area contributed by atoms with E-state index in [1.807, 2.05) is 28.4 Å². The van der Waals surface area contributed by atoms with Gasteiger partial charge in [0.15, 0.2) is 10.8 Å². The first-order chi connectivity index (χ1) is 13.4. The Bertz CT molecular complexity index is 1160. The number of hydrogen-bond acceptors (Lipinski definition) is 5. The van der Waals surface area contributed by atoms with Crippen LogP contribution in [0.25, 0.3) is 26.6 Å². The second-order valence-electron chi connectivity index (χ2n) is 6.28. The van der Waals surface area contributed by atoms with E-state index in [0.29, 0.717) is 0 Å². The summed E-state index contributed by atoms with van der Waals surface area (Å²) in [5, 5.41) is 15.5. The number of aromatic nitrogens is 5. The number of benzene rings is 2. The molecule has 3 aromatic heterocycles. The van der Waals surface area contributed by atoms with Crippen LogP contribution in [0.2, 0.25) is 0 Å². The van der Waals surface area contributed by atoms with E-state index in [2.05, 4.69) is 63.7 Å². The van der Waals surface area contributed by atoms with Crippen molar-refractivity contribution in [3.8, 4) is 10.7 Å². The lowest BCUT2D eigenvalue weighted by atomic mass is 10.2. The molecule has 7 heteroatoms. The highest BCUT2D eigenvalue weighted by Crippen LogP contribution is 2.28. The number of para-hydroxylation sites is 1. The van der Waals surface area contributed by atoms with Gasteiger partial charge in [0.25, 0.3) is 0 Å². The van der Waals surface area contributed by atoms with Gasteiger partial charge in [-0.15, -0.1) is 10.2 Å². The highest BCUT2D eigenvalue weighted by molar-refractivity contribution is 7.98. The van der Waals surface area contributed by atoms with E-state index in [1.54, 1.807) is 11.3 Å². The van der Waals surface area contributed by atoms with Crippen molar-refractivity contribution in [2.75, 3.05) is 5.75 Å². The molecular formula is C20H17N5S2. The lowest BCUT2D eigenvalue weighted by molar-refractivity contribution is 0.886. The largest absolute Gasteiger partial charge is 0.353 e. The zero-order chi connectivity index (χ0) is 18.1. The molecule has 0 spiro atoms. The highest BCUT2D eigenvalue weighted by Gasteiger charge is 2.14. The topological polar surface area (TPSA) is 58.9 Å². The van der Waals surface area contributed by atoms with Crippen molar-refractivity contribution in [3.05, 3.63) is 72.1 Å². The maximum Gasteiger partial charge on any atom is 0.235 e. The van der Waals surface area contributed by atoms with Crippen LogP contribution in [0, 0.1) is 0 Å². The van der Waals surface area contributed by atoms with E-state index in [4.69, 9.17) is 5.10 Å². The Kier molecular flexibility index (Phi) is 4.39. The molecule has 0 atom stereocenters. The average Bonchev–Trinajstić information content (AvgIpc) is 3.40. The standard InChI is InChI=1S/C20H17N5S2/c1-2-6-14(7-3-1)10-11-26-13-18-22-23-20-25(18)24-19(27-20)17-12-15-8-4-5-9-16(15)21-17/h1-9,12,21H,10-11,13H2. The van der Waals surface area contributed by atoms with Crippen molar-refractivity contribution in [1.82, 2.24) is 24.8 Å². The van der Waals surface area contributed by atoms with Crippen molar-refractivity contribution >= 4 is 39.0 Å². The van der Waals surface area contributed by atoms with Crippen LogP contribution in [0.15, 0.2) is 60.7 Å². The molecule has 0 saturated heterocycles. The third-order valence-corrected chi connectivity index (χ3v) is 6.31. The number of nitrogens with one attached hydrogen (secondary N) is 1. The fourth-order valence-electron chi connectivity index (χ4n) is 3.04. The van der Waals surface area contributed by atoms with Crippen molar-refractivity contribution < 1.29 is 0 Å². The van der Waals surface area contributed by atoms with Gasteiger partial charge in [0, 0.05) is 10.9 Å². The Morgan fingerprint density at radius 1 is 1.00 bits per heavy atom. The first-order valence-corrected chi connectivity index (χ1v) is 10.7. The molecule has 3 heterocycles. The van der Waals surface area contributed by atoms with Gasteiger partial charge >= 0.3 is 0 Å². The molecule has 0 aliphatic carbocycles. The van der Waals surface area contributed by atoms with E-state index in [1.165, 1.54) is 10.9 Å². The van der Waals surface area contributed by atoms with Crippen LogP contribution in [0.5, 0.6) is 0 Å². The molecule has 0 amide bonds. The quantitative estimate of drug-likeness (QED) is 0.422. The highest BCUT2D eigenvalue weighted by atomic mass is 32.2. The summed E-state index contributed by atoms with van der Waals surface area (Å²) in [6.07, 6.45) is 1.06. The van der Waals surface area contributed by atoms with Crippen molar-refractivity contribution in [2.45, 2.75) is 12.2 Å². The summed E-state index contributed by atoms with van der Waals surface area (Å²) in [6, 6.07) is 21.0. The number of hydrogen-bond donors (Lipinski definition) is 1. The number of thioether (sulfide) groups is 1. The molecule has 0 saturated carbocycles. The van der Waals surface area contributed by atoms with E-state index >= 15 is 0 Å². The number of H-pyrrole nitrogens is 1. The summed E-state index contributed by atoms with van der Waals surface area (Å²) >= 11 is 3.42. The van der Waals surface area contributed by atoms with Gasteiger partial charge < -0.3 is 4.98 Å². The molecule has 0 bridgehead atoms. The van der Waals surface area contributed by atoms with Crippen molar-refractivity contribution in [2.24, 2.45) is 0 Å². The summed E-state index contributed by atoms with van der Waals surface area (Å²) in [6.45, 7) is 0. The molecule has 27 heavy (non-hydrogen) atoms. The second-order valence-corrected chi connectivity index (χ2v) is 8.34. The normalized spacial score (nSPS) is 11.6.